The molecule has 9 heteroatoms. The fraction of sp³-hybridized carbons (Fsp3) is 0.474. The Hall–Kier alpha value is -2.73. The maximum absolute atomic E-state index is 12.4. The van der Waals surface area contributed by atoms with E-state index in [4.69, 9.17) is 9.78 Å². The van der Waals surface area contributed by atoms with Gasteiger partial charge in [0.1, 0.15) is 11.8 Å². The summed E-state index contributed by atoms with van der Waals surface area (Å²) in [5.41, 5.74) is 0.974. The van der Waals surface area contributed by atoms with Gasteiger partial charge in [0.25, 0.3) is 0 Å². The Morgan fingerprint density at radius 1 is 1.32 bits per heavy atom. The monoisotopic (exact) mass is 402 g/mol. The van der Waals surface area contributed by atoms with Crippen LogP contribution in [0.3, 0.4) is 0 Å². The maximum atomic E-state index is 12.4. The molecule has 0 radical (unpaired) electrons. The quantitative estimate of drug-likeness (QED) is 0.717. The second-order valence-corrected chi connectivity index (χ2v) is 9.46. The average molecular weight is 402 g/mol. The summed E-state index contributed by atoms with van der Waals surface area (Å²) in [4.78, 5) is 16.7. The maximum Gasteiger partial charge on any atom is 0.249 e. The molecule has 1 aromatic heterocycles. The lowest BCUT2D eigenvalue weighted by Crippen LogP contribution is -2.36. The van der Waals surface area contributed by atoms with E-state index >= 15 is 0 Å². The SMILES string of the molecule is CC(C)C(NC(=O)CS(=O)(=O)Cc1ccc(C#N)cc1)c1nc(C2CC2)no1. The van der Waals surface area contributed by atoms with Crippen LogP contribution in [0.15, 0.2) is 28.8 Å². The number of carbonyl (C=O) groups is 1. The molecule has 1 aliphatic carbocycles. The third kappa shape index (κ3) is 5.16. The zero-order chi connectivity index (χ0) is 20.3. The molecule has 1 fully saturated rings. The smallest absolute Gasteiger partial charge is 0.249 e. The van der Waals surface area contributed by atoms with Gasteiger partial charge in [-0.3, -0.25) is 4.79 Å². The molecular formula is C19H22N4O4S. The summed E-state index contributed by atoms with van der Waals surface area (Å²) in [6.07, 6.45) is 2.07. The van der Waals surface area contributed by atoms with E-state index in [-0.39, 0.29) is 11.7 Å². The highest BCUT2D eigenvalue weighted by Gasteiger charge is 2.32. The fourth-order valence-electron chi connectivity index (χ4n) is 2.79. The van der Waals surface area contributed by atoms with E-state index < -0.39 is 27.5 Å². The largest absolute Gasteiger partial charge is 0.343 e. The van der Waals surface area contributed by atoms with Gasteiger partial charge in [0.05, 0.1) is 17.4 Å². The summed E-state index contributed by atoms with van der Waals surface area (Å²) in [6, 6.07) is 7.67. The summed E-state index contributed by atoms with van der Waals surface area (Å²) in [5, 5.41) is 15.5. The van der Waals surface area contributed by atoms with Gasteiger partial charge in [-0.05, 0) is 36.5 Å². The second-order valence-electron chi connectivity index (χ2n) is 7.40. The lowest BCUT2D eigenvalue weighted by Gasteiger charge is -2.18. The Labute approximate surface area is 163 Å². The Morgan fingerprint density at radius 3 is 2.57 bits per heavy atom. The molecule has 0 aliphatic heterocycles. The first kappa shape index (κ1) is 20.0. The minimum Gasteiger partial charge on any atom is -0.343 e. The zero-order valence-electron chi connectivity index (χ0n) is 15.8. The van der Waals surface area contributed by atoms with Crippen LogP contribution in [-0.2, 0) is 20.4 Å². The van der Waals surface area contributed by atoms with Gasteiger partial charge in [-0.1, -0.05) is 31.1 Å². The first-order valence-corrected chi connectivity index (χ1v) is 10.9. The summed E-state index contributed by atoms with van der Waals surface area (Å²) in [7, 11) is -3.67. The number of carbonyl (C=O) groups excluding carboxylic acids is 1. The standard InChI is InChI=1S/C19H22N4O4S/c1-12(2)17(19-22-18(23-27-19)15-7-8-15)21-16(24)11-28(25,26)10-14-5-3-13(9-20)4-6-14/h3-6,12,15,17H,7-8,10-11H2,1-2H3,(H,21,24). The van der Waals surface area contributed by atoms with Crippen molar-refractivity contribution in [3.8, 4) is 6.07 Å². The van der Waals surface area contributed by atoms with E-state index in [0.717, 1.165) is 12.8 Å². The Morgan fingerprint density at radius 2 is 2.00 bits per heavy atom. The lowest BCUT2D eigenvalue weighted by atomic mass is 10.0. The molecule has 1 N–H and O–H groups in total. The molecular weight excluding hydrogens is 380 g/mol. The van der Waals surface area contributed by atoms with Gasteiger partial charge in [0.15, 0.2) is 15.7 Å². The Kier molecular flexibility index (Phi) is 5.79. The molecule has 1 unspecified atom stereocenters. The number of rotatable bonds is 8. The number of hydrogen-bond acceptors (Lipinski definition) is 7. The molecule has 1 saturated carbocycles. The third-order valence-electron chi connectivity index (χ3n) is 4.47. The highest BCUT2D eigenvalue weighted by Crippen LogP contribution is 2.38. The van der Waals surface area contributed by atoms with Crippen molar-refractivity contribution in [2.75, 3.05) is 5.75 Å². The van der Waals surface area contributed by atoms with Crippen LogP contribution in [0, 0.1) is 17.2 Å². The summed E-state index contributed by atoms with van der Waals surface area (Å²) >= 11 is 0. The van der Waals surface area contributed by atoms with E-state index in [0.29, 0.717) is 28.8 Å². The number of nitrogens with one attached hydrogen (secondary N) is 1. The van der Waals surface area contributed by atoms with Crippen LogP contribution in [0.4, 0.5) is 0 Å². The topological polar surface area (TPSA) is 126 Å². The van der Waals surface area contributed by atoms with Crippen molar-refractivity contribution in [2.45, 2.75) is 44.4 Å². The van der Waals surface area contributed by atoms with E-state index in [1.54, 1.807) is 24.3 Å². The van der Waals surface area contributed by atoms with Gasteiger partial charge >= 0.3 is 0 Å². The van der Waals surface area contributed by atoms with Crippen LogP contribution in [0.5, 0.6) is 0 Å². The van der Waals surface area contributed by atoms with Crippen LogP contribution in [0.25, 0.3) is 0 Å². The molecule has 0 bridgehead atoms. The van der Waals surface area contributed by atoms with Crippen LogP contribution < -0.4 is 5.32 Å². The van der Waals surface area contributed by atoms with Crippen molar-refractivity contribution in [3.63, 3.8) is 0 Å². The molecule has 28 heavy (non-hydrogen) atoms. The number of amides is 1. The number of hydrogen-bond donors (Lipinski definition) is 1. The first-order valence-electron chi connectivity index (χ1n) is 9.09. The molecule has 1 aliphatic rings. The van der Waals surface area contributed by atoms with E-state index in [2.05, 4.69) is 15.5 Å². The van der Waals surface area contributed by atoms with E-state index in [1.807, 2.05) is 19.9 Å². The van der Waals surface area contributed by atoms with Crippen LogP contribution in [0.1, 0.15) is 61.5 Å². The molecule has 148 valence electrons. The van der Waals surface area contributed by atoms with Gasteiger partial charge in [-0.25, -0.2) is 8.42 Å². The first-order chi connectivity index (χ1) is 13.3. The number of nitrogens with zero attached hydrogens (tertiary/aromatic N) is 3. The molecule has 1 heterocycles. The number of nitriles is 1. The van der Waals surface area contributed by atoms with Crippen LogP contribution in [-0.4, -0.2) is 30.2 Å². The summed E-state index contributed by atoms with van der Waals surface area (Å²) in [6.45, 7) is 3.77. The normalized spacial score (nSPS) is 15.2. The van der Waals surface area contributed by atoms with Gasteiger partial charge in [-0.2, -0.15) is 10.2 Å². The minimum atomic E-state index is -3.67. The highest BCUT2D eigenvalue weighted by molar-refractivity contribution is 7.91. The zero-order valence-corrected chi connectivity index (χ0v) is 16.6. The molecule has 3 rings (SSSR count). The van der Waals surface area contributed by atoms with Gasteiger partial charge in [0, 0.05) is 5.92 Å². The van der Waals surface area contributed by atoms with Crippen LogP contribution >= 0.6 is 0 Å². The predicted molar refractivity (Wildman–Crippen MR) is 101 cm³/mol. The number of aromatic nitrogens is 2. The van der Waals surface area contributed by atoms with Gasteiger partial charge in [0.2, 0.25) is 11.8 Å². The van der Waals surface area contributed by atoms with Crippen molar-refractivity contribution in [1.82, 2.24) is 15.5 Å². The van der Waals surface area contributed by atoms with Crippen LogP contribution in [0.2, 0.25) is 0 Å². The van der Waals surface area contributed by atoms with Gasteiger partial charge < -0.3 is 9.84 Å². The molecule has 1 atom stereocenters. The molecule has 0 spiro atoms. The van der Waals surface area contributed by atoms with Crippen molar-refractivity contribution < 1.29 is 17.7 Å². The predicted octanol–water partition coefficient (Wildman–Crippen LogP) is 2.25. The molecule has 1 aromatic carbocycles. The number of benzene rings is 1. The van der Waals surface area contributed by atoms with E-state index in [9.17, 15) is 13.2 Å². The van der Waals surface area contributed by atoms with Gasteiger partial charge in [-0.15, -0.1) is 0 Å². The van der Waals surface area contributed by atoms with Crippen molar-refractivity contribution in [2.24, 2.45) is 5.92 Å². The second kappa shape index (κ2) is 8.10. The Bertz CT molecular complexity index is 986. The fourth-order valence-corrected chi connectivity index (χ4v) is 4.07. The molecule has 2 aromatic rings. The summed E-state index contributed by atoms with van der Waals surface area (Å²) in [5.74, 6) is -0.298. The molecule has 1 amide bonds. The highest BCUT2D eigenvalue weighted by atomic mass is 32.2. The lowest BCUT2D eigenvalue weighted by molar-refractivity contribution is -0.119. The van der Waals surface area contributed by atoms with E-state index in [1.165, 1.54) is 0 Å². The Balaban J connectivity index is 1.63. The van der Waals surface area contributed by atoms with Crippen molar-refractivity contribution >= 4 is 15.7 Å². The van der Waals surface area contributed by atoms with Crippen molar-refractivity contribution in [3.05, 3.63) is 47.1 Å². The molecule has 8 nitrogen and oxygen atoms in total. The third-order valence-corrected chi connectivity index (χ3v) is 5.94. The minimum absolute atomic E-state index is 0.0438. The van der Waals surface area contributed by atoms with Crippen molar-refractivity contribution in [1.29, 1.82) is 5.26 Å². The number of sulfone groups is 1. The molecule has 0 saturated heterocycles. The average Bonchev–Trinajstić information content (AvgIpc) is 3.37. The summed E-state index contributed by atoms with van der Waals surface area (Å²) < 4.78 is 30.0.